The van der Waals surface area contributed by atoms with Gasteiger partial charge in [-0.1, -0.05) is 12.1 Å². The van der Waals surface area contributed by atoms with E-state index < -0.39 is 6.03 Å². The molecule has 2 aromatic carbocycles. The number of piperidine rings is 1. The van der Waals surface area contributed by atoms with Crippen LogP contribution in [0.25, 0.3) is 0 Å². The minimum atomic E-state index is -0.478. The zero-order chi connectivity index (χ0) is 27.2. The van der Waals surface area contributed by atoms with Crippen LogP contribution in [-0.2, 0) is 17.6 Å². The first-order valence-electron chi connectivity index (χ1n) is 13.5. The van der Waals surface area contributed by atoms with Gasteiger partial charge >= 0.3 is 6.03 Å². The summed E-state index contributed by atoms with van der Waals surface area (Å²) in [5.74, 6) is 1.22. The number of fused-ring (bicyclic) bond motifs is 3. The topological polar surface area (TPSA) is 106 Å². The molecule has 3 aliphatic rings. The number of hydrogen-bond donors (Lipinski definition) is 2. The predicted octanol–water partition coefficient (Wildman–Crippen LogP) is 4.70. The highest BCUT2D eigenvalue weighted by molar-refractivity contribution is 6.16. The first-order valence-corrected chi connectivity index (χ1v) is 13.5. The Kier molecular flexibility index (Phi) is 6.61. The largest absolute Gasteiger partial charge is 0.490 e. The fraction of sp³-hybridized carbons (Fsp3) is 0.500. The van der Waals surface area contributed by atoms with Gasteiger partial charge in [-0.05, 0) is 77.6 Å². The number of ether oxygens (including phenoxy) is 2. The number of carbonyl (C=O) groups excluding carboxylic acids is 2. The summed E-state index contributed by atoms with van der Waals surface area (Å²) in [6.07, 6.45) is 3.05. The normalized spacial score (nSPS) is 21.0. The summed E-state index contributed by atoms with van der Waals surface area (Å²) in [6, 6.07) is 9.50. The molecule has 2 aromatic rings. The van der Waals surface area contributed by atoms with Crippen molar-refractivity contribution < 1.29 is 19.1 Å². The van der Waals surface area contributed by atoms with E-state index in [-0.39, 0.29) is 23.0 Å². The maximum absolute atomic E-state index is 13.1. The molecule has 0 spiro atoms. The quantitative estimate of drug-likeness (QED) is 0.598. The molecule has 1 fully saturated rings. The maximum atomic E-state index is 13.1. The molecule has 38 heavy (non-hydrogen) atoms. The number of aliphatic imine (C=N–C) groups is 1. The van der Waals surface area contributed by atoms with Crippen molar-refractivity contribution in [1.29, 1.82) is 0 Å². The molecular weight excluding hydrogens is 480 g/mol. The van der Waals surface area contributed by atoms with Crippen LogP contribution < -0.4 is 20.5 Å². The minimum absolute atomic E-state index is 0.100. The third-order valence-corrected chi connectivity index (χ3v) is 7.49. The highest BCUT2D eigenvalue weighted by Crippen LogP contribution is 2.48. The van der Waals surface area contributed by atoms with Gasteiger partial charge in [0.15, 0.2) is 11.5 Å². The SMILES string of the molecule is CCOc1cc2c(c3c1OC(C)(C)C3)C(c1cccc(NC(=O)C3CCCN(C(N)=O)C3)c1)=NC(C)(C)C2. The Balaban J connectivity index is 1.50. The zero-order valence-corrected chi connectivity index (χ0v) is 23.0. The average molecular weight is 519 g/mol. The lowest BCUT2D eigenvalue weighted by molar-refractivity contribution is -0.121. The molecule has 8 nitrogen and oxygen atoms in total. The van der Waals surface area contributed by atoms with E-state index >= 15 is 0 Å². The lowest BCUT2D eigenvalue weighted by Crippen LogP contribution is -2.46. The number of rotatable bonds is 5. The molecule has 3 heterocycles. The van der Waals surface area contributed by atoms with Gasteiger partial charge in [0.2, 0.25) is 5.91 Å². The number of amides is 3. The Morgan fingerprint density at radius 1 is 1.21 bits per heavy atom. The van der Waals surface area contributed by atoms with Crippen molar-refractivity contribution in [3.8, 4) is 11.5 Å². The van der Waals surface area contributed by atoms with Crippen LogP contribution in [0.15, 0.2) is 35.3 Å². The van der Waals surface area contributed by atoms with Crippen molar-refractivity contribution in [2.75, 3.05) is 25.0 Å². The molecular formula is C30H38N4O4. The van der Waals surface area contributed by atoms with Gasteiger partial charge in [-0.3, -0.25) is 9.79 Å². The monoisotopic (exact) mass is 518 g/mol. The van der Waals surface area contributed by atoms with Crippen LogP contribution >= 0.6 is 0 Å². The molecule has 202 valence electrons. The van der Waals surface area contributed by atoms with Gasteiger partial charge in [-0.2, -0.15) is 0 Å². The van der Waals surface area contributed by atoms with E-state index in [4.69, 9.17) is 20.2 Å². The second-order valence-corrected chi connectivity index (χ2v) is 11.8. The fourth-order valence-corrected chi connectivity index (χ4v) is 5.92. The predicted molar refractivity (Wildman–Crippen MR) is 148 cm³/mol. The molecule has 0 aromatic heterocycles. The van der Waals surface area contributed by atoms with Crippen molar-refractivity contribution in [3.63, 3.8) is 0 Å². The van der Waals surface area contributed by atoms with Crippen molar-refractivity contribution >= 4 is 23.3 Å². The number of nitrogens with one attached hydrogen (secondary N) is 1. The second kappa shape index (κ2) is 9.64. The molecule has 3 aliphatic heterocycles. The van der Waals surface area contributed by atoms with Crippen molar-refractivity contribution in [1.82, 2.24) is 4.90 Å². The molecule has 3 amide bonds. The Bertz CT molecular complexity index is 1310. The highest BCUT2D eigenvalue weighted by atomic mass is 16.5. The van der Waals surface area contributed by atoms with Gasteiger partial charge in [0.1, 0.15) is 5.60 Å². The molecule has 8 heteroatoms. The number of urea groups is 1. The van der Waals surface area contributed by atoms with Crippen molar-refractivity contribution in [2.45, 2.75) is 71.4 Å². The summed E-state index contributed by atoms with van der Waals surface area (Å²) < 4.78 is 12.4. The number of primary amides is 1. The molecule has 1 atom stereocenters. The minimum Gasteiger partial charge on any atom is -0.490 e. The number of nitrogens with two attached hydrogens (primary N) is 1. The van der Waals surface area contributed by atoms with Crippen molar-refractivity contribution in [3.05, 3.63) is 52.6 Å². The molecule has 3 N–H and O–H groups in total. The number of benzene rings is 2. The Morgan fingerprint density at radius 2 is 2.00 bits per heavy atom. The van der Waals surface area contributed by atoms with Crippen LogP contribution in [-0.4, -0.2) is 53.4 Å². The summed E-state index contributed by atoms with van der Waals surface area (Å²) in [5.41, 5.74) is 10.8. The smallest absolute Gasteiger partial charge is 0.314 e. The second-order valence-electron chi connectivity index (χ2n) is 11.8. The van der Waals surface area contributed by atoms with Gasteiger partial charge in [-0.25, -0.2) is 4.79 Å². The number of nitrogens with zero attached hydrogens (tertiary/aromatic N) is 2. The first-order chi connectivity index (χ1) is 18.0. The van der Waals surface area contributed by atoms with E-state index in [1.54, 1.807) is 4.90 Å². The van der Waals surface area contributed by atoms with Gasteiger partial charge in [0.25, 0.3) is 0 Å². The van der Waals surface area contributed by atoms with Crippen LogP contribution in [0.4, 0.5) is 10.5 Å². The molecule has 1 saturated heterocycles. The van der Waals surface area contributed by atoms with E-state index in [2.05, 4.69) is 39.1 Å². The molecule has 5 rings (SSSR count). The standard InChI is InChI=1S/C30H38N4O4/c1-6-37-23-14-20-15-29(2,3)33-25(24(20)22-16-30(4,5)38-26(22)23)18-9-7-11-21(13-18)32-27(35)19-10-8-12-34(17-19)28(31)36/h7,9,11,13-14,19H,6,8,10,12,15-17H2,1-5H3,(H2,31,36)(H,32,35). The highest BCUT2D eigenvalue weighted by Gasteiger charge is 2.40. The van der Waals surface area contributed by atoms with E-state index in [1.807, 2.05) is 31.2 Å². The van der Waals surface area contributed by atoms with Crippen LogP contribution in [0.3, 0.4) is 0 Å². The third-order valence-electron chi connectivity index (χ3n) is 7.49. The van der Waals surface area contributed by atoms with Crippen LogP contribution in [0, 0.1) is 5.92 Å². The lowest BCUT2D eigenvalue weighted by atomic mass is 9.81. The van der Waals surface area contributed by atoms with Gasteiger partial charge in [-0.15, -0.1) is 0 Å². The van der Waals surface area contributed by atoms with E-state index in [0.29, 0.717) is 25.4 Å². The first kappa shape index (κ1) is 26.1. The summed E-state index contributed by atoms with van der Waals surface area (Å²) in [6.45, 7) is 12.0. The van der Waals surface area contributed by atoms with E-state index in [1.165, 1.54) is 5.56 Å². The van der Waals surface area contributed by atoms with E-state index in [0.717, 1.165) is 59.6 Å². The molecule has 0 aliphatic carbocycles. The molecule has 0 bridgehead atoms. The van der Waals surface area contributed by atoms with Crippen LogP contribution in [0.2, 0.25) is 0 Å². The summed E-state index contributed by atoms with van der Waals surface area (Å²) >= 11 is 0. The third kappa shape index (κ3) is 5.08. The van der Waals surface area contributed by atoms with Gasteiger partial charge in [0, 0.05) is 41.9 Å². The Morgan fingerprint density at radius 3 is 2.74 bits per heavy atom. The average Bonchev–Trinajstić information content (AvgIpc) is 3.18. The molecule has 0 saturated carbocycles. The van der Waals surface area contributed by atoms with Gasteiger partial charge < -0.3 is 25.4 Å². The van der Waals surface area contributed by atoms with Crippen molar-refractivity contribution in [2.24, 2.45) is 16.6 Å². The lowest BCUT2D eigenvalue weighted by Gasteiger charge is -2.31. The van der Waals surface area contributed by atoms with Gasteiger partial charge in [0.05, 0.1) is 23.8 Å². The number of carbonyl (C=O) groups is 2. The summed E-state index contributed by atoms with van der Waals surface area (Å²) in [4.78, 5) is 31.5. The molecule has 1 unspecified atom stereocenters. The Labute approximate surface area is 224 Å². The summed E-state index contributed by atoms with van der Waals surface area (Å²) in [5, 5.41) is 3.07. The number of hydrogen-bond acceptors (Lipinski definition) is 5. The number of likely N-dealkylation sites (tertiary alicyclic amines) is 1. The number of anilines is 1. The summed E-state index contributed by atoms with van der Waals surface area (Å²) in [7, 11) is 0. The van der Waals surface area contributed by atoms with E-state index in [9.17, 15) is 9.59 Å². The maximum Gasteiger partial charge on any atom is 0.314 e. The zero-order valence-electron chi connectivity index (χ0n) is 23.0. The van der Waals surface area contributed by atoms with Crippen LogP contribution in [0.1, 0.15) is 69.7 Å². The Hall–Kier alpha value is -3.55. The van der Waals surface area contributed by atoms with Crippen LogP contribution in [0.5, 0.6) is 11.5 Å². The fourth-order valence-electron chi connectivity index (χ4n) is 5.92. The molecule has 0 radical (unpaired) electrons.